The van der Waals surface area contributed by atoms with E-state index < -0.39 is 0 Å². The Morgan fingerprint density at radius 2 is 2.26 bits per heavy atom. The lowest BCUT2D eigenvalue weighted by atomic mass is 10.1. The first-order valence-corrected chi connectivity index (χ1v) is 7.41. The highest BCUT2D eigenvalue weighted by molar-refractivity contribution is 6.35. The van der Waals surface area contributed by atoms with E-state index in [1.54, 1.807) is 12.1 Å². The molecule has 1 fully saturated rings. The molecule has 0 saturated carbocycles. The fourth-order valence-corrected chi connectivity index (χ4v) is 2.75. The molecule has 0 aliphatic carbocycles. The number of ether oxygens (including phenoxy) is 1. The van der Waals surface area contributed by atoms with Crippen LogP contribution >= 0.6 is 23.2 Å². The Morgan fingerprint density at radius 3 is 2.95 bits per heavy atom. The number of hydrogen-bond acceptors (Lipinski definition) is 3. The van der Waals surface area contributed by atoms with Gasteiger partial charge in [0.2, 0.25) is 0 Å². The molecule has 1 aromatic carbocycles. The van der Waals surface area contributed by atoms with Crippen LogP contribution in [0.3, 0.4) is 0 Å². The van der Waals surface area contributed by atoms with Crippen LogP contribution in [0.4, 0.5) is 0 Å². The molecule has 0 radical (unpaired) electrons. The number of benzene rings is 1. The van der Waals surface area contributed by atoms with E-state index >= 15 is 0 Å². The Labute approximate surface area is 124 Å². The van der Waals surface area contributed by atoms with Gasteiger partial charge in [-0.05, 0) is 44.6 Å². The van der Waals surface area contributed by atoms with Gasteiger partial charge >= 0.3 is 0 Å². The number of nitrogens with one attached hydrogen (secondary N) is 1. The van der Waals surface area contributed by atoms with Crippen LogP contribution in [0.2, 0.25) is 10.0 Å². The van der Waals surface area contributed by atoms with Crippen LogP contribution in [0.25, 0.3) is 0 Å². The van der Waals surface area contributed by atoms with Gasteiger partial charge in [-0.1, -0.05) is 23.2 Å². The molecule has 1 aliphatic rings. The third-order valence-electron chi connectivity index (χ3n) is 3.49. The second-order valence-corrected chi connectivity index (χ2v) is 5.75. The minimum absolute atomic E-state index is 0.564. The van der Waals surface area contributed by atoms with Gasteiger partial charge in [0.05, 0.1) is 5.02 Å². The third kappa shape index (κ3) is 4.53. The fraction of sp³-hybridized carbons (Fsp3) is 0.571. The van der Waals surface area contributed by atoms with Crippen LogP contribution in [-0.4, -0.2) is 44.2 Å². The van der Waals surface area contributed by atoms with Crippen molar-refractivity contribution in [1.29, 1.82) is 0 Å². The first-order chi connectivity index (χ1) is 9.16. The summed E-state index contributed by atoms with van der Waals surface area (Å²) in [5.41, 5.74) is 0. The Hall–Kier alpha value is -0.480. The lowest BCUT2D eigenvalue weighted by Gasteiger charge is -2.31. The fourth-order valence-electron chi connectivity index (χ4n) is 2.28. The van der Waals surface area contributed by atoms with Gasteiger partial charge in [-0.15, -0.1) is 0 Å². The Morgan fingerprint density at radius 1 is 1.42 bits per heavy atom. The van der Waals surface area contributed by atoms with Crippen molar-refractivity contribution in [2.75, 3.05) is 33.3 Å². The standard InChI is InChI=1S/C14H20Cl2N2O/c1-18(12-3-2-6-17-10-12)7-8-19-14-5-4-11(15)9-13(14)16/h4-5,9,12,17H,2-3,6-8,10H2,1H3. The zero-order valence-electron chi connectivity index (χ0n) is 11.2. The Kier molecular flexibility index (Phi) is 5.76. The van der Waals surface area contributed by atoms with Crippen molar-refractivity contribution in [3.05, 3.63) is 28.2 Å². The lowest BCUT2D eigenvalue weighted by Crippen LogP contribution is -2.45. The lowest BCUT2D eigenvalue weighted by molar-refractivity contribution is 0.168. The summed E-state index contributed by atoms with van der Waals surface area (Å²) in [6, 6.07) is 5.91. The molecule has 0 spiro atoms. The van der Waals surface area contributed by atoms with Crippen LogP contribution in [0.5, 0.6) is 5.75 Å². The van der Waals surface area contributed by atoms with Crippen molar-refractivity contribution < 1.29 is 4.74 Å². The van der Waals surface area contributed by atoms with E-state index in [1.807, 2.05) is 6.07 Å². The monoisotopic (exact) mass is 302 g/mol. The summed E-state index contributed by atoms with van der Waals surface area (Å²) < 4.78 is 5.70. The van der Waals surface area contributed by atoms with E-state index in [2.05, 4.69) is 17.3 Å². The summed E-state index contributed by atoms with van der Waals surface area (Å²) in [7, 11) is 2.14. The second-order valence-electron chi connectivity index (χ2n) is 4.90. The van der Waals surface area contributed by atoms with Crippen molar-refractivity contribution in [3.63, 3.8) is 0 Å². The zero-order valence-corrected chi connectivity index (χ0v) is 12.7. The number of likely N-dealkylation sites (N-methyl/N-ethyl adjacent to an activating group) is 1. The minimum Gasteiger partial charge on any atom is -0.491 e. The Balaban J connectivity index is 1.76. The summed E-state index contributed by atoms with van der Waals surface area (Å²) in [6.07, 6.45) is 2.50. The summed E-state index contributed by atoms with van der Waals surface area (Å²) in [6.45, 7) is 3.74. The van der Waals surface area contributed by atoms with E-state index in [0.29, 0.717) is 28.4 Å². The van der Waals surface area contributed by atoms with Crippen LogP contribution < -0.4 is 10.1 Å². The molecule has 0 bridgehead atoms. The van der Waals surface area contributed by atoms with Gasteiger partial charge in [0.25, 0.3) is 0 Å². The predicted molar refractivity (Wildman–Crippen MR) is 80.5 cm³/mol. The summed E-state index contributed by atoms with van der Waals surface area (Å²) in [5, 5.41) is 4.61. The number of rotatable bonds is 5. The van der Waals surface area contributed by atoms with Gasteiger partial charge in [0.1, 0.15) is 12.4 Å². The molecule has 1 aromatic rings. The number of hydrogen-bond donors (Lipinski definition) is 1. The zero-order chi connectivity index (χ0) is 13.7. The van der Waals surface area contributed by atoms with E-state index in [0.717, 1.165) is 19.6 Å². The van der Waals surface area contributed by atoms with Gasteiger partial charge in [-0.3, -0.25) is 4.90 Å². The van der Waals surface area contributed by atoms with Crippen LogP contribution in [-0.2, 0) is 0 Å². The molecular weight excluding hydrogens is 283 g/mol. The molecule has 0 aromatic heterocycles. The van der Waals surface area contributed by atoms with Gasteiger partial charge in [0.15, 0.2) is 0 Å². The van der Waals surface area contributed by atoms with Crippen molar-refractivity contribution in [1.82, 2.24) is 10.2 Å². The molecule has 1 unspecified atom stereocenters. The molecule has 1 aliphatic heterocycles. The van der Waals surface area contributed by atoms with Crippen molar-refractivity contribution >= 4 is 23.2 Å². The third-order valence-corrected chi connectivity index (χ3v) is 4.02. The largest absolute Gasteiger partial charge is 0.491 e. The predicted octanol–water partition coefficient (Wildman–Crippen LogP) is 3.06. The number of piperidine rings is 1. The first-order valence-electron chi connectivity index (χ1n) is 6.65. The highest BCUT2D eigenvalue weighted by Crippen LogP contribution is 2.27. The molecule has 1 saturated heterocycles. The Bertz CT molecular complexity index is 408. The van der Waals surface area contributed by atoms with Gasteiger partial charge in [0, 0.05) is 24.2 Å². The molecule has 1 heterocycles. The maximum absolute atomic E-state index is 6.06. The molecule has 1 atom stereocenters. The van der Waals surface area contributed by atoms with E-state index in [9.17, 15) is 0 Å². The normalized spacial score (nSPS) is 19.7. The molecule has 0 amide bonds. The molecule has 1 N–H and O–H groups in total. The molecule has 2 rings (SSSR count). The van der Waals surface area contributed by atoms with Crippen LogP contribution in [0.15, 0.2) is 18.2 Å². The summed E-state index contributed by atoms with van der Waals surface area (Å²) in [4.78, 5) is 2.34. The highest BCUT2D eigenvalue weighted by Gasteiger charge is 2.17. The van der Waals surface area contributed by atoms with Gasteiger partial charge < -0.3 is 10.1 Å². The van der Waals surface area contributed by atoms with Crippen molar-refractivity contribution in [3.8, 4) is 5.75 Å². The number of halogens is 2. The van der Waals surface area contributed by atoms with Gasteiger partial charge in [-0.25, -0.2) is 0 Å². The molecule has 106 valence electrons. The molecule has 3 nitrogen and oxygen atoms in total. The minimum atomic E-state index is 0.564. The highest BCUT2D eigenvalue weighted by atomic mass is 35.5. The maximum atomic E-state index is 6.06. The smallest absolute Gasteiger partial charge is 0.138 e. The summed E-state index contributed by atoms with van der Waals surface area (Å²) >= 11 is 11.9. The molecule has 5 heteroatoms. The van der Waals surface area contributed by atoms with E-state index in [4.69, 9.17) is 27.9 Å². The molecule has 19 heavy (non-hydrogen) atoms. The SMILES string of the molecule is CN(CCOc1ccc(Cl)cc1Cl)C1CCCNC1. The quantitative estimate of drug-likeness (QED) is 0.905. The van der Waals surface area contributed by atoms with Crippen LogP contribution in [0, 0.1) is 0 Å². The topological polar surface area (TPSA) is 24.5 Å². The summed E-state index contributed by atoms with van der Waals surface area (Å²) in [5.74, 6) is 0.696. The van der Waals surface area contributed by atoms with Crippen LogP contribution in [0.1, 0.15) is 12.8 Å². The average molecular weight is 303 g/mol. The maximum Gasteiger partial charge on any atom is 0.138 e. The van der Waals surface area contributed by atoms with E-state index in [-0.39, 0.29) is 0 Å². The van der Waals surface area contributed by atoms with Crippen molar-refractivity contribution in [2.24, 2.45) is 0 Å². The first kappa shape index (κ1) is 14.9. The number of nitrogens with zero attached hydrogens (tertiary/aromatic N) is 1. The van der Waals surface area contributed by atoms with Gasteiger partial charge in [-0.2, -0.15) is 0 Å². The second kappa shape index (κ2) is 7.34. The van der Waals surface area contributed by atoms with Crippen molar-refractivity contribution in [2.45, 2.75) is 18.9 Å². The van der Waals surface area contributed by atoms with E-state index in [1.165, 1.54) is 12.8 Å². The average Bonchev–Trinajstić information content (AvgIpc) is 2.42. The molecular formula is C14H20Cl2N2O.